The maximum Gasteiger partial charge on any atom is 0.142 e. The van der Waals surface area contributed by atoms with E-state index >= 15 is 0 Å². The van der Waals surface area contributed by atoms with Crippen LogP contribution in [-0.4, -0.2) is 9.55 Å². The molecule has 0 saturated carbocycles. The van der Waals surface area contributed by atoms with E-state index < -0.39 is 0 Å². The summed E-state index contributed by atoms with van der Waals surface area (Å²) in [6, 6.07) is 13.2. The molecule has 1 unspecified atom stereocenters. The van der Waals surface area contributed by atoms with E-state index in [2.05, 4.69) is 66.0 Å². The van der Waals surface area contributed by atoms with Crippen molar-refractivity contribution in [2.45, 2.75) is 40.2 Å². The molecule has 0 amide bonds. The first kappa shape index (κ1) is 19.5. The van der Waals surface area contributed by atoms with Gasteiger partial charge in [0.1, 0.15) is 18.0 Å². The second-order valence-electron chi connectivity index (χ2n) is 7.77. The van der Waals surface area contributed by atoms with Gasteiger partial charge in [-0.2, -0.15) is 10.5 Å². The molecule has 5 heteroatoms. The highest BCUT2D eigenvalue weighted by atomic mass is 15.0. The van der Waals surface area contributed by atoms with Crippen molar-refractivity contribution in [3.63, 3.8) is 0 Å². The van der Waals surface area contributed by atoms with Gasteiger partial charge in [0.15, 0.2) is 0 Å². The topological polar surface area (TPSA) is 91.4 Å². The van der Waals surface area contributed by atoms with Crippen molar-refractivity contribution in [1.29, 1.82) is 10.5 Å². The van der Waals surface area contributed by atoms with Crippen LogP contribution in [0, 0.1) is 29.6 Å². The van der Waals surface area contributed by atoms with Crippen molar-refractivity contribution in [3.8, 4) is 12.1 Å². The monoisotopic (exact) mass is 393 g/mol. The molecule has 5 nitrogen and oxygen atoms in total. The molecule has 2 N–H and O–H groups in total. The Morgan fingerprint density at radius 3 is 2.60 bits per heavy atom. The quantitative estimate of drug-likeness (QED) is 0.625. The molecule has 0 spiro atoms. The molecule has 0 fully saturated rings. The van der Waals surface area contributed by atoms with Crippen LogP contribution in [0.1, 0.15) is 61.2 Å². The maximum atomic E-state index is 9.77. The Bertz CT molecular complexity index is 1340. The molecule has 30 heavy (non-hydrogen) atoms. The number of nitriles is 2. The van der Waals surface area contributed by atoms with Crippen molar-refractivity contribution in [3.05, 3.63) is 64.0 Å². The first-order valence-corrected chi connectivity index (χ1v) is 10.1. The molecule has 148 valence electrons. The van der Waals surface area contributed by atoms with E-state index in [1.807, 2.05) is 19.9 Å². The van der Waals surface area contributed by atoms with Gasteiger partial charge in [-0.1, -0.05) is 25.1 Å². The van der Waals surface area contributed by atoms with Gasteiger partial charge < -0.3 is 10.3 Å². The summed E-state index contributed by atoms with van der Waals surface area (Å²) in [7, 11) is 0. The maximum absolute atomic E-state index is 9.77. The Balaban J connectivity index is 2.03. The van der Waals surface area contributed by atoms with E-state index in [1.54, 1.807) is 0 Å². The molecule has 0 radical (unpaired) electrons. The SMILES string of the molecule is CCC(C)n1cc(/C=C2/C(C)=C(C#N)c3nc(N)c(C#N)c(C)c32)c2ccccc21. The van der Waals surface area contributed by atoms with Crippen LogP contribution < -0.4 is 5.73 Å². The number of aromatic nitrogens is 2. The lowest BCUT2D eigenvalue weighted by atomic mass is 9.95. The minimum Gasteiger partial charge on any atom is -0.383 e. The zero-order valence-corrected chi connectivity index (χ0v) is 17.6. The normalized spacial score (nSPS) is 15.3. The number of nitrogens with zero attached hydrogens (tertiary/aromatic N) is 4. The average molecular weight is 393 g/mol. The van der Waals surface area contributed by atoms with E-state index in [1.165, 1.54) is 5.52 Å². The number of para-hydroxylation sites is 1. The van der Waals surface area contributed by atoms with Crippen LogP contribution in [0.3, 0.4) is 0 Å². The van der Waals surface area contributed by atoms with Crippen LogP contribution in [0.15, 0.2) is 36.0 Å². The second-order valence-corrected chi connectivity index (χ2v) is 7.77. The summed E-state index contributed by atoms with van der Waals surface area (Å²) < 4.78 is 2.30. The van der Waals surface area contributed by atoms with Crippen LogP contribution in [0.4, 0.5) is 5.82 Å². The first-order chi connectivity index (χ1) is 14.4. The molecule has 0 saturated heterocycles. The highest BCUT2D eigenvalue weighted by molar-refractivity contribution is 6.10. The Kier molecular flexibility index (Phi) is 4.68. The van der Waals surface area contributed by atoms with Crippen LogP contribution in [0.25, 0.3) is 28.1 Å². The minimum atomic E-state index is 0.170. The number of hydrogen-bond donors (Lipinski definition) is 1. The molecule has 0 aliphatic heterocycles. The number of pyridine rings is 1. The zero-order valence-electron chi connectivity index (χ0n) is 17.6. The highest BCUT2D eigenvalue weighted by Gasteiger charge is 2.30. The van der Waals surface area contributed by atoms with Gasteiger partial charge in [0, 0.05) is 34.3 Å². The van der Waals surface area contributed by atoms with E-state index in [-0.39, 0.29) is 5.82 Å². The van der Waals surface area contributed by atoms with Gasteiger partial charge in [-0.25, -0.2) is 4.98 Å². The predicted octanol–water partition coefficient (Wildman–Crippen LogP) is 5.62. The van der Waals surface area contributed by atoms with Gasteiger partial charge in [-0.05, 0) is 56.0 Å². The zero-order chi connectivity index (χ0) is 21.6. The van der Waals surface area contributed by atoms with Gasteiger partial charge in [0.25, 0.3) is 0 Å². The van der Waals surface area contributed by atoms with E-state index in [9.17, 15) is 10.5 Å². The van der Waals surface area contributed by atoms with Gasteiger partial charge in [-0.3, -0.25) is 0 Å². The van der Waals surface area contributed by atoms with E-state index in [0.717, 1.165) is 39.6 Å². The molecule has 1 atom stereocenters. The largest absolute Gasteiger partial charge is 0.383 e. The molecule has 0 bridgehead atoms. The molecule has 3 aromatic rings. The molecule has 4 rings (SSSR count). The lowest BCUT2D eigenvalue weighted by Gasteiger charge is -2.12. The Morgan fingerprint density at radius 1 is 1.20 bits per heavy atom. The number of rotatable bonds is 3. The standard InChI is InChI=1S/C25H23N5/c1-5-14(2)30-13-17(18-8-6-7-9-22(18)30)10-19-15(3)20(11-26)24-23(19)16(4)21(12-27)25(28)29-24/h6-10,13-14H,5H2,1-4H3,(H2,28,29)/b19-10-. The van der Waals surface area contributed by atoms with Crippen LogP contribution >= 0.6 is 0 Å². The van der Waals surface area contributed by atoms with Crippen molar-refractivity contribution in [1.82, 2.24) is 9.55 Å². The lowest BCUT2D eigenvalue weighted by molar-refractivity contribution is 0.548. The molecule has 1 aromatic carbocycles. The summed E-state index contributed by atoms with van der Waals surface area (Å²) in [5.74, 6) is 0.170. The smallest absolute Gasteiger partial charge is 0.142 e. The van der Waals surface area contributed by atoms with Crippen molar-refractivity contribution in [2.75, 3.05) is 5.73 Å². The first-order valence-electron chi connectivity index (χ1n) is 10.1. The summed E-state index contributed by atoms with van der Waals surface area (Å²) in [6.07, 6.45) is 5.32. The summed E-state index contributed by atoms with van der Waals surface area (Å²) in [5, 5.41) is 20.5. The van der Waals surface area contributed by atoms with Gasteiger partial charge >= 0.3 is 0 Å². The fraction of sp³-hybridized carbons (Fsp3) is 0.240. The fourth-order valence-corrected chi connectivity index (χ4v) is 4.26. The Labute approximate surface area is 176 Å². The van der Waals surface area contributed by atoms with Crippen LogP contribution in [0.2, 0.25) is 0 Å². The number of fused-ring (bicyclic) bond motifs is 2. The third-order valence-electron chi connectivity index (χ3n) is 6.12. The van der Waals surface area contributed by atoms with Crippen LogP contribution in [-0.2, 0) is 0 Å². The van der Waals surface area contributed by atoms with Crippen LogP contribution in [0.5, 0.6) is 0 Å². The van der Waals surface area contributed by atoms with Crippen molar-refractivity contribution in [2.24, 2.45) is 0 Å². The average Bonchev–Trinajstić information content (AvgIpc) is 3.23. The number of hydrogen-bond acceptors (Lipinski definition) is 4. The summed E-state index contributed by atoms with van der Waals surface area (Å²) in [5.41, 5.74) is 13.1. The number of anilines is 1. The number of allylic oxidation sites excluding steroid dienone is 3. The van der Waals surface area contributed by atoms with Gasteiger partial charge in [-0.15, -0.1) is 0 Å². The van der Waals surface area contributed by atoms with Gasteiger partial charge in [0.05, 0.1) is 16.8 Å². The number of benzene rings is 1. The fourth-order valence-electron chi connectivity index (χ4n) is 4.26. The van der Waals surface area contributed by atoms with E-state index in [4.69, 9.17) is 5.73 Å². The summed E-state index contributed by atoms with van der Waals surface area (Å²) in [6.45, 7) is 8.20. The molecular formula is C25H23N5. The molecule has 1 aliphatic carbocycles. The molecule has 2 heterocycles. The highest BCUT2D eigenvalue weighted by Crippen LogP contribution is 2.44. The van der Waals surface area contributed by atoms with E-state index in [0.29, 0.717) is 22.9 Å². The van der Waals surface area contributed by atoms with Gasteiger partial charge in [0.2, 0.25) is 0 Å². The third-order valence-corrected chi connectivity index (χ3v) is 6.12. The Morgan fingerprint density at radius 2 is 1.93 bits per heavy atom. The summed E-state index contributed by atoms with van der Waals surface area (Å²) >= 11 is 0. The Hall–Kier alpha value is -3.83. The molecule has 2 aromatic heterocycles. The number of nitrogen functional groups attached to an aromatic ring is 1. The second kappa shape index (κ2) is 7.21. The molecular weight excluding hydrogens is 370 g/mol. The summed E-state index contributed by atoms with van der Waals surface area (Å²) in [4.78, 5) is 4.42. The number of nitrogens with two attached hydrogens (primary N) is 1. The molecule has 1 aliphatic rings. The third kappa shape index (κ3) is 2.71. The lowest BCUT2D eigenvalue weighted by Crippen LogP contribution is -2.03. The minimum absolute atomic E-state index is 0.170. The predicted molar refractivity (Wildman–Crippen MR) is 121 cm³/mol. The van der Waals surface area contributed by atoms with Crippen molar-refractivity contribution >= 4 is 33.9 Å². The van der Waals surface area contributed by atoms with Crippen molar-refractivity contribution < 1.29 is 0 Å².